The molecular weight excluding hydrogens is 508 g/mol. The molecule has 2 aliphatic heterocycles. The van der Waals surface area contributed by atoms with E-state index < -0.39 is 23.1 Å². The molecule has 1 spiro atoms. The second kappa shape index (κ2) is 9.76. The van der Waals surface area contributed by atoms with Crippen LogP contribution in [-0.2, 0) is 22.3 Å². The van der Waals surface area contributed by atoms with Crippen LogP contribution in [0.1, 0.15) is 42.6 Å². The fourth-order valence-electron chi connectivity index (χ4n) is 4.89. The van der Waals surface area contributed by atoms with Crippen LogP contribution in [0.5, 0.6) is 5.88 Å². The Labute approximate surface area is 215 Å². The normalized spacial score (nSPS) is 20.1. The second-order valence-corrected chi connectivity index (χ2v) is 9.55. The number of nitrogens with zero attached hydrogens (tertiary/aromatic N) is 5. The van der Waals surface area contributed by atoms with Gasteiger partial charge in [-0.3, -0.25) is 14.6 Å². The molecule has 1 saturated carbocycles. The average molecular weight is 532 g/mol. The van der Waals surface area contributed by atoms with Gasteiger partial charge in [0.05, 0.1) is 32.0 Å². The van der Waals surface area contributed by atoms with E-state index in [1.807, 2.05) is 0 Å². The first-order valence-electron chi connectivity index (χ1n) is 12.0. The van der Waals surface area contributed by atoms with Gasteiger partial charge in [-0.25, -0.2) is 19.3 Å². The van der Waals surface area contributed by atoms with Gasteiger partial charge in [-0.2, -0.15) is 13.2 Å². The van der Waals surface area contributed by atoms with Gasteiger partial charge in [0.2, 0.25) is 11.8 Å². The smallest absolute Gasteiger partial charge is 0.419 e. The molecule has 13 heteroatoms. The van der Waals surface area contributed by atoms with Crippen molar-refractivity contribution in [3.8, 4) is 5.88 Å². The standard InChI is InChI=1S/C25H24F4N6O3/c1-38-21-7-17(18(26)12-33-21)15-6-19(30-9-15)23(37)35-5-2-14(8-24(35)3-4-24)22(36)34-13-20-31-10-16(11-32-20)25(27,28)29/h6-7,10-12,14H,2-5,8-9,13H2,1H3,(H,34,36)/t14-/m0/s1. The van der Waals surface area contributed by atoms with Crippen molar-refractivity contribution in [1.82, 2.24) is 25.2 Å². The van der Waals surface area contributed by atoms with Crippen LogP contribution in [0.15, 0.2) is 35.7 Å². The van der Waals surface area contributed by atoms with Gasteiger partial charge in [-0.1, -0.05) is 0 Å². The zero-order valence-electron chi connectivity index (χ0n) is 20.4. The first-order valence-corrected chi connectivity index (χ1v) is 12.0. The third-order valence-corrected chi connectivity index (χ3v) is 7.13. The third kappa shape index (κ3) is 5.09. The number of carbonyl (C=O) groups excluding carboxylic acids is 2. The molecular formula is C25H24F4N6O3. The minimum atomic E-state index is -4.53. The molecule has 1 atom stereocenters. The largest absolute Gasteiger partial charge is 0.481 e. The molecule has 2 aromatic rings. The minimum Gasteiger partial charge on any atom is -0.481 e. The Morgan fingerprint density at radius 1 is 1.18 bits per heavy atom. The van der Waals surface area contributed by atoms with E-state index in [0.29, 0.717) is 37.4 Å². The molecule has 5 rings (SSSR count). The highest BCUT2D eigenvalue weighted by Crippen LogP contribution is 2.50. The number of rotatable bonds is 6. The molecule has 0 aromatic carbocycles. The van der Waals surface area contributed by atoms with E-state index in [4.69, 9.17) is 4.74 Å². The molecule has 2 fully saturated rings. The Morgan fingerprint density at radius 3 is 2.58 bits per heavy atom. The highest BCUT2D eigenvalue weighted by Gasteiger charge is 2.54. The van der Waals surface area contributed by atoms with Gasteiger partial charge >= 0.3 is 6.18 Å². The summed E-state index contributed by atoms with van der Waals surface area (Å²) in [5.74, 6) is -1.07. The molecule has 0 radical (unpaired) electrons. The van der Waals surface area contributed by atoms with E-state index in [1.165, 1.54) is 13.2 Å². The van der Waals surface area contributed by atoms with E-state index in [1.54, 1.807) is 11.0 Å². The van der Waals surface area contributed by atoms with Crippen LogP contribution in [0.3, 0.4) is 0 Å². The van der Waals surface area contributed by atoms with Gasteiger partial charge in [0, 0.05) is 42.0 Å². The second-order valence-electron chi connectivity index (χ2n) is 9.55. The Hall–Kier alpha value is -3.90. The fourth-order valence-corrected chi connectivity index (χ4v) is 4.89. The van der Waals surface area contributed by atoms with E-state index in [2.05, 4.69) is 25.3 Å². The van der Waals surface area contributed by atoms with Crippen molar-refractivity contribution < 1.29 is 31.9 Å². The number of alkyl halides is 3. The van der Waals surface area contributed by atoms with E-state index in [0.717, 1.165) is 19.0 Å². The number of carbonyl (C=O) groups is 2. The molecule has 3 aliphatic rings. The number of nitrogens with one attached hydrogen (secondary N) is 1. The van der Waals surface area contributed by atoms with E-state index in [9.17, 15) is 27.2 Å². The SMILES string of the molecule is COc1cc(C2=CC(C(=O)N3CC[C@H](C(=O)NCc4ncc(C(F)(F)F)cn4)CC34CC4)=NC2)c(F)cn1. The van der Waals surface area contributed by atoms with Crippen LogP contribution in [0.4, 0.5) is 17.6 Å². The predicted octanol–water partition coefficient (Wildman–Crippen LogP) is 2.96. The summed E-state index contributed by atoms with van der Waals surface area (Å²) < 4.78 is 57.4. The number of hydrogen-bond donors (Lipinski definition) is 1. The molecule has 2 aromatic heterocycles. The summed E-state index contributed by atoms with van der Waals surface area (Å²) in [5, 5.41) is 2.70. The molecule has 1 N–H and O–H groups in total. The molecule has 1 saturated heterocycles. The lowest BCUT2D eigenvalue weighted by Gasteiger charge is -2.39. The molecule has 1 aliphatic carbocycles. The van der Waals surface area contributed by atoms with Crippen LogP contribution in [0.25, 0.3) is 5.57 Å². The van der Waals surface area contributed by atoms with Gasteiger partial charge in [0.1, 0.15) is 17.4 Å². The van der Waals surface area contributed by atoms with Crippen LogP contribution in [0.2, 0.25) is 0 Å². The minimum absolute atomic E-state index is 0.0742. The van der Waals surface area contributed by atoms with Gasteiger partial charge in [-0.05, 0) is 37.3 Å². The van der Waals surface area contributed by atoms with Crippen LogP contribution >= 0.6 is 0 Å². The molecule has 2 amide bonds. The quantitative estimate of drug-likeness (QED) is 0.573. The van der Waals surface area contributed by atoms with Crippen molar-refractivity contribution in [2.24, 2.45) is 10.9 Å². The number of likely N-dealkylation sites (tertiary alicyclic amines) is 1. The van der Waals surface area contributed by atoms with Crippen LogP contribution in [0, 0.1) is 11.7 Å². The number of aliphatic imine (C=N–C) groups is 1. The van der Waals surface area contributed by atoms with Crippen molar-refractivity contribution in [3.05, 3.63) is 53.5 Å². The predicted molar refractivity (Wildman–Crippen MR) is 126 cm³/mol. The maximum absolute atomic E-state index is 14.3. The summed E-state index contributed by atoms with van der Waals surface area (Å²) in [6, 6.07) is 1.46. The highest BCUT2D eigenvalue weighted by atomic mass is 19.4. The van der Waals surface area contributed by atoms with Crippen molar-refractivity contribution in [1.29, 1.82) is 0 Å². The topological polar surface area (TPSA) is 110 Å². The van der Waals surface area contributed by atoms with Gasteiger partial charge in [0.25, 0.3) is 5.91 Å². The fraction of sp³-hybridized carbons (Fsp3) is 0.440. The lowest BCUT2D eigenvalue weighted by atomic mass is 9.87. The molecule has 9 nitrogen and oxygen atoms in total. The number of amides is 2. The number of pyridine rings is 1. The summed E-state index contributed by atoms with van der Waals surface area (Å²) >= 11 is 0. The third-order valence-electron chi connectivity index (χ3n) is 7.13. The van der Waals surface area contributed by atoms with Gasteiger partial charge < -0.3 is 15.0 Å². The average Bonchev–Trinajstić information content (AvgIpc) is 3.48. The lowest BCUT2D eigenvalue weighted by molar-refractivity contribution is -0.138. The van der Waals surface area contributed by atoms with Crippen molar-refractivity contribution in [2.45, 2.75) is 43.9 Å². The number of halogens is 4. The summed E-state index contributed by atoms with van der Waals surface area (Å²) in [6.07, 6.45) is 1.88. The van der Waals surface area contributed by atoms with Crippen molar-refractivity contribution in [3.63, 3.8) is 0 Å². The van der Waals surface area contributed by atoms with Crippen LogP contribution in [-0.4, -0.2) is 63.1 Å². The summed E-state index contributed by atoms with van der Waals surface area (Å²) in [6.45, 7) is 0.417. The molecule has 200 valence electrons. The van der Waals surface area contributed by atoms with Crippen LogP contribution < -0.4 is 10.1 Å². The van der Waals surface area contributed by atoms with Gasteiger partial charge in [-0.15, -0.1) is 0 Å². The number of piperidine rings is 1. The number of hydrogen-bond acceptors (Lipinski definition) is 7. The number of ether oxygens (including phenoxy) is 1. The zero-order chi connectivity index (χ0) is 27.1. The molecule has 4 heterocycles. The highest BCUT2D eigenvalue weighted by molar-refractivity contribution is 6.45. The lowest BCUT2D eigenvalue weighted by Crippen LogP contribution is -2.52. The summed E-state index contributed by atoms with van der Waals surface area (Å²) in [5.41, 5.74) is -0.330. The first kappa shape index (κ1) is 25.7. The van der Waals surface area contributed by atoms with Crippen molar-refractivity contribution >= 4 is 23.1 Å². The molecule has 38 heavy (non-hydrogen) atoms. The molecule has 0 unspecified atom stereocenters. The zero-order valence-corrected chi connectivity index (χ0v) is 20.4. The Morgan fingerprint density at radius 2 is 1.92 bits per heavy atom. The maximum atomic E-state index is 14.3. The van der Waals surface area contributed by atoms with Gasteiger partial charge in [0.15, 0.2) is 0 Å². The number of methoxy groups -OCH3 is 1. The molecule has 0 bridgehead atoms. The Kier molecular flexibility index (Phi) is 6.61. The Bertz CT molecular complexity index is 1320. The summed E-state index contributed by atoms with van der Waals surface area (Å²) in [7, 11) is 1.43. The first-order chi connectivity index (χ1) is 18.1. The monoisotopic (exact) mass is 532 g/mol. The summed E-state index contributed by atoms with van der Waals surface area (Å²) in [4.78, 5) is 43.4. The van der Waals surface area contributed by atoms with Crippen molar-refractivity contribution in [2.75, 3.05) is 20.2 Å². The Balaban J connectivity index is 1.20. The van der Waals surface area contributed by atoms with E-state index in [-0.39, 0.29) is 53.8 Å². The number of aromatic nitrogens is 3. The maximum Gasteiger partial charge on any atom is 0.419 e. The van der Waals surface area contributed by atoms with E-state index >= 15 is 0 Å².